The lowest BCUT2D eigenvalue weighted by molar-refractivity contribution is 0.439. The number of hydrogen-bond donors (Lipinski definition) is 2. The molecule has 25 heavy (non-hydrogen) atoms. The molecule has 1 heterocycles. The highest BCUT2D eigenvalue weighted by Crippen LogP contribution is 2.22. The Morgan fingerprint density at radius 2 is 1.48 bits per heavy atom. The fraction of sp³-hybridized carbons (Fsp3) is 0.105. The topological polar surface area (TPSA) is 59.1 Å². The molecule has 0 saturated heterocycles. The summed E-state index contributed by atoms with van der Waals surface area (Å²) in [5.74, 6) is 0.637. The molecule has 0 radical (unpaired) electrons. The number of nitrogens with zero attached hydrogens (tertiary/aromatic N) is 2. The van der Waals surface area contributed by atoms with E-state index in [0.717, 1.165) is 22.8 Å². The maximum atomic E-state index is 5.75. The lowest BCUT2D eigenvalue weighted by Gasteiger charge is -2.11. The van der Waals surface area contributed by atoms with Gasteiger partial charge in [0.25, 0.3) is 0 Å². The van der Waals surface area contributed by atoms with Gasteiger partial charge in [-0.2, -0.15) is 0 Å². The van der Waals surface area contributed by atoms with Crippen molar-refractivity contribution in [1.29, 1.82) is 0 Å². The molecule has 0 fully saturated rings. The SMILES string of the molecule is Cc1cc(C)nc(Oc2cccc(NC(=S)Nc3ccccc3)c2)n1. The third-order valence-electron chi connectivity index (χ3n) is 3.29. The van der Waals surface area contributed by atoms with Gasteiger partial charge in [-0.3, -0.25) is 0 Å². The molecule has 6 heteroatoms. The number of ether oxygens (including phenoxy) is 1. The van der Waals surface area contributed by atoms with Crippen molar-refractivity contribution >= 4 is 28.7 Å². The molecule has 0 spiro atoms. The van der Waals surface area contributed by atoms with Crippen LogP contribution in [0.5, 0.6) is 11.8 Å². The number of thiocarbonyl (C=S) groups is 1. The maximum absolute atomic E-state index is 5.75. The Balaban J connectivity index is 1.67. The lowest BCUT2D eigenvalue weighted by atomic mass is 10.3. The van der Waals surface area contributed by atoms with Crippen LogP contribution in [0.15, 0.2) is 60.7 Å². The monoisotopic (exact) mass is 350 g/mol. The smallest absolute Gasteiger partial charge is 0.322 e. The summed E-state index contributed by atoms with van der Waals surface area (Å²) >= 11 is 5.34. The number of hydrogen-bond acceptors (Lipinski definition) is 4. The van der Waals surface area contributed by atoms with Gasteiger partial charge in [-0.25, -0.2) is 9.97 Å². The molecule has 3 aromatic rings. The molecule has 2 aromatic carbocycles. The minimum atomic E-state index is 0.333. The van der Waals surface area contributed by atoms with Gasteiger partial charge in [0.1, 0.15) is 5.75 Å². The number of rotatable bonds is 4. The minimum Gasteiger partial charge on any atom is -0.424 e. The third-order valence-corrected chi connectivity index (χ3v) is 3.50. The summed E-state index contributed by atoms with van der Waals surface area (Å²) in [5, 5.41) is 6.77. The van der Waals surface area contributed by atoms with E-state index < -0.39 is 0 Å². The summed E-state index contributed by atoms with van der Waals surface area (Å²) in [5.41, 5.74) is 3.47. The molecule has 1 aromatic heterocycles. The summed E-state index contributed by atoms with van der Waals surface area (Å²) in [6.07, 6.45) is 0. The Morgan fingerprint density at radius 1 is 0.840 bits per heavy atom. The molecule has 0 amide bonds. The highest BCUT2D eigenvalue weighted by atomic mass is 32.1. The number of aryl methyl sites for hydroxylation is 2. The molecule has 0 bridgehead atoms. The summed E-state index contributed by atoms with van der Waals surface area (Å²) < 4.78 is 5.75. The largest absolute Gasteiger partial charge is 0.424 e. The van der Waals surface area contributed by atoms with Crippen LogP contribution < -0.4 is 15.4 Å². The van der Waals surface area contributed by atoms with Gasteiger partial charge in [0.15, 0.2) is 5.11 Å². The Labute approximate surface area is 152 Å². The van der Waals surface area contributed by atoms with Crippen LogP contribution in [0, 0.1) is 13.8 Å². The van der Waals surface area contributed by atoms with Crippen LogP contribution in [0.4, 0.5) is 11.4 Å². The molecule has 0 saturated carbocycles. The Hall–Kier alpha value is -2.99. The zero-order valence-corrected chi connectivity index (χ0v) is 14.8. The molecule has 0 aliphatic carbocycles. The van der Waals surface area contributed by atoms with Gasteiger partial charge in [-0.05, 0) is 56.4 Å². The highest BCUT2D eigenvalue weighted by molar-refractivity contribution is 7.80. The van der Waals surface area contributed by atoms with Crippen molar-refractivity contribution in [2.75, 3.05) is 10.6 Å². The van der Waals surface area contributed by atoms with Crippen LogP contribution >= 0.6 is 12.2 Å². The van der Waals surface area contributed by atoms with Crippen molar-refractivity contribution in [3.05, 3.63) is 72.1 Å². The van der Waals surface area contributed by atoms with Crippen molar-refractivity contribution in [3.8, 4) is 11.8 Å². The molecule has 126 valence electrons. The summed E-state index contributed by atoms with van der Waals surface area (Å²) in [4.78, 5) is 8.57. The van der Waals surface area contributed by atoms with Crippen LogP contribution in [0.25, 0.3) is 0 Å². The molecule has 0 atom stereocenters. The first kappa shape index (κ1) is 16.9. The molecule has 0 aliphatic rings. The van der Waals surface area contributed by atoms with E-state index in [9.17, 15) is 0 Å². The number of aromatic nitrogens is 2. The van der Waals surface area contributed by atoms with Gasteiger partial charge in [-0.15, -0.1) is 0 Å². The average molecular weight is 350 g/mol. The van der Waals surface area contributed by atoms with Crippen LogP contribution in [0.3, 0.4) is 0 Å². The zero-order chi connectivity index (χ0) is 17.6. The maximum Gasteiger partial charge on any atom is 0.322 e. The van der Waals surface area contributed by atoms with Crippen LogP contribution in [-0.2, 0) is 0 Å². The van der Waals surface area contributed by atoms with E-state index >= 15 is 0 Å². The average Bonchev–Trinajstić information content (AvgIpc) is 2.55. The molecular formula is C19H18N4OS. The number of nitrogens with one attached hydrogen (secondary N) is 2. The molecule has 0 aliphatic heterocycles. The normalized spacial score (nSPS) is 10.2. The number of para-hydroxylation sites is 1. The second-order valence-electron chi connectivity index (χ2n) is 5.51. The van der Waals surface area contributed by atoms with Gasteiger partial charge in [0.2, 0.25) is 0 Å². The van der Waals surface area contributed by atoms with Crippen molar-refractivity contribution in [1.82, 2.24) is 9.97 Å². The van der Waals surface area contributed by atoms with E-state index in [2.05, 4.69) is 20.6 Å². The van der Waals surface area contributed by atoms with E-state index in [-0.39, 0.29) is 0 Å². The fourth-order valence-corrected chi connectivity index (χ4v) is 2.53. The Kier molecular flexibility index (Phi) is 5.20. The van der Waals surface area contributed by atoms with E-state index in [1.165, 1.54) is 0 Å². The van der Waals surface area contributed by atoms with Crippen molar-refractivity contribution < 1.29 is 4.74 Å². The standard InChI is InChI=1S/C19H18N4OS/c1-13-11-14(2)21-18(20-13)24-17-10-6-9-16(12-17)23-19(25)22-15-7-4-3-5-8-15/h3-12H,1-2H3,(H2,22,23,25). The first-order valence-electron chi connectivity index (χ1n) is 7.82. The molecule has 0 unspecified atom stereocenters. The van der Waals surface area contributed by atoms with Crippen molar-refractivity contribution in [3.63, 3.8) is 0 Å². The van der Waals surface area contributed by atoms with Gasteiger partial charge in [0, 0.05) is 28.8 Å². The molecule has 2 N–H and O–H groups in total. The van der Waals surface area contributed by atoms with Crippen molar-refractivity contribution in [2.45, 2.75) is 13.8 Å². The second kappa shape index (κ2) is 7.72. The minimum absolute atomic E-state index is 0.333. The predicted molar refractivity (Wildman–Crippen MR) is 104 cm³/mol. The number of anilines is 2. The van der Waals surface area contributed by atoms with E-state index in [0.29, 0.717) is 16.9 Å². The summed E-state index contributed by atoms with van der Waals surface area (Å²) in [7, 11) is 0. The van der Waals surface area contributed by atoms with Crippen molar-refractivity contribution in [2.24, 2.45) is 0 Å². The summed E-state index contributed by atoms with van der Waals surface area (Å²) in [6, 6.07) is 19.5. The van der Waals surface area contributed by atoms with Crippen LogP contribution in [0.1, 0.15) is 11.4 Å². The molecule has 3 rings (SSSR count). The quantitative estimate of drug-likeness (QED) is 0.666. The van der Waals surface area contributed by atoms with E-state index in [4.69, 9.17) is 17.0 Å². The first-order valence-corrected chi connectivity index (χ1v) is 8.22. The Bertz CT molecular complexity index is 863. The zero-order valence-electron chi connectivity index (χ0n) is 14.0. The fourth-order valence-electron chi connectivity index (χ4n) is 2.30. The van der Waals surface area contributed by atoms with Gasteiger partial charge >= 0.3 is 6.01 Å². The second-order valence-corrected chi connectivity index (χ2v) is 5.92. The summed E-state index contributed by atoms with van der Waals surface area (Å²) in [6.45, 7) is 3.82. The van der Waals surface area contributed by atoms with Crippen LogP contribution in [-0.4, -0.2) is 15.1 Å². The number of benzene rings is 2. The van der Waals surface area contributed by atoms with Gasteiger partial charge in [0.05, 0.1) is 0 Å². The van der Waals surface area contributed by atoms with E-state index in [1.54, 1.807) is 0 Å². The molecular weight excluding hydrogens is 332 g/mol. The highest BCUT2D eigenvalue weighted by Gasteiger charge is 2.05. The predicted octanol–water partition coefficient (Wildman–Crippen LogP) is 4.69. The first-order chi connectivity index (χ1) is 12.1. The Morgan fingerprint density at radius 3 is 2.20 bits per heavy atom. The van der Waals surface area contributed by atoms with Gasteiger partial charge < -0.3 is 15.4 Å². The van der Waals surface area contributed by atoms with Crippen LogP contribution in [0.2, 0.25) is 0 Å². The molecule has 5 nitrogen and oxygen atoms in total. The van der Waals surface area contributed by atoms with E-state index in [1.807, 2.05) is 74.5 Å². The lowest BCUT2D eigenvalue weighted by Crippen LogP contribution is -2.18. The van der Waals surface area contributed by atoms with Gasteiger partial charge in [-0.1, -0.05) is 24.3 Å². The third kappa shape index (κ3) is 4.99.